The van der Waals surface area contributed by atoms with Gasteiger partial charge in [0.15, 0.2) is 15.7 Å². The zero-order valence-corrected chi connectivity index (χ0v) is 25.3. The highest BCUT2D eigenvalue weighted by Gasteiger charge is 2.47. The molecular weight excluding hydrogens is 621 g/mol. The summed E-state index contributed by atoms with van der Waals surface area (Å²) < 4.78 is 66.1. The number of anilines is 1. The van der Waals surface area contributed by atoms with Gasteiger partial charge in [-0.15, -0.1) is 5.10 Å². The highest BCUT2D eigenvalue weighted by Crippen LogP contribution is 2.49. The van der Waals surface area contributed by atoms with Crippen LogP contribution in [0.25, 0.3) is 17.2 Å². The number of carbonyl (C=O) groups excluding carboxylic acids is 1. The van der Waals surface area contributed by atoms with E-state index < -0.39 is 32.9 Å². The molecule has 4 aromatic rings. The fourth-order valence-electron chi connectivity index (χ4n) is 6.48. The second-order valence-electron chi connectivity index (χ2n) is 11.5. The van der Waals surface area contributed by atoms with E-state index in [9.17, 15) is 31.2 Å². The van der Waals surface area contributed by atoms with Crippen molar-refractivity contribution in [1.82, 2.24) is 24.5 Å². The van der Waals surface area contributed by atoms with Crippen LogP contribution < -0.4 is 16.2 Å². The van der Waals surface area contributed by atoms with Gasteiger partial charge < -0.3 is 15.2 Å². The van der Waals surface area contributed by atoms with E-state index in [1.54, 1.807) is 16.7 Å². The first-order valence-electron chi connectivity index (χ1n) is 13.9. The van der Waals surface area contributed by atoms with E-state index in [-0.39, 0.29) is 45.2 Å². The number of sulfone groups is 1. The minimum Gasteiger partial charge on any atom is -0.323 e. The van der Waals surface area contributed by atoms with Crippen molar-refractivity contribution in [1.29, 1.82) is 0 Å². The van der Waals surface area contributed by atoms with Crippen LogP contribution in [0.1, 0.15) is 48.9 Å². The number of aromatic nitrogens is 4. The third-order valence-electron chi connectivity index (χ3n) is 8.45. The first kappa shape index (κ1) is 30.3. The zero-order chi connectivity index (χ0) is 31.6. The average Bonchev–Trinajstić information content (AvgIpc) is 3.52. The topological polar surface area (TPSA) is 127 Å². The molecule has 232 valence electrons. The molecule has 1 atom stereocenters. The van der Waals surface area contributed by atoms with Crippen molar-refractivity contribution in [3.05, 3.63) is 74.7 Å². The molecule has 1 unspecified atom stereocenters. The Morgan fingerprint density at radius 3 is 2.45 bits per heavy atom. The van der Waals surface area contributed by atoms with Gasteiger partial charge in [0.1, 0.15) is 6.54 Å². The molecule has 10 nitrogen and oxygen atoms in total. The summed E-state index contributed by atoms with van der Waals surface area (Å²) >= 11 is 6.09. The van der Waals surface area contributed by atoms with Gasteiger partial charge in [0, 0.05) is 28.5 Å². The summed E-state index contributed by atoms with van der Waals surface area (Å²) in [5, 5.41) is 10.2. The third kappa shape index (κ3) is 5.28. The summed E-state index contributed by atoms with van der Waals surface area (Å²) in [5.41, 5.74) is 0.0564. The molecule has 2 aromatic heterocycles. The number of nitrogens with one attached hydrogen (secondary N) is 2. The Labute approximate surface area is 255 Å². The molecule has 1 fully saturated rings. The molecule has 6 rings (SSSR count). The first-order chi connectivity index (χ1) is 20.7. The van der Waals surface area contributed by atoms with Crippen LogP contribution in [0.4, 0.5) is 18.9 Å². The van der Waals surface area contributed by atoms with Crippen LogP contribution in [0.15, 0.2) is 52.2 Å². The minimum atomic E-state index is -4.59. The maximum absolute atomic E-state index is 14.1. The van der Waals surface area contributed by atoms with Gasteiger partial charge in [0.05, 0.1) is 21.2 Å². The average molecular weight is 649 g/mol. The number of halogens is 4. The first-order valence-corrected chi connectivity index (χ1v) is 16.2. The molecule has 2 aromatic carbocycles. The van der Waals surface area contributed by atoms with Gasteiger partial charge in [-0.25, -0.2) is 8.42 Å². The second-order valence-corrected chi connectivity index (χ2v) is 13.9. The van der Waals surface area contributed by atoms with Crippen molar-refractivity contribution in [2.75, 3.05) is 24.7 Å². The van der Waals surface area contributed by atoms with Gasteiger partial charge in [-0.3, -0.25) is 9.59 Å². The van der Waals surface area contributed by atoms with Crippen LogP contribution in [-0.2, 0) is 32.8 Å². The largest absolute Gasteiger partial charge is 0.416 e. The SMILES string of the molecule is CC1CC2(CCNCC2)c2c1n(CC(=O)Nc1ccc(C(F)(F)F)cc1Cl)c1nc(-c3ccc(S(C)(=O)=O)cc3)nn1c2=O. The molecule has 1 spiro atoms. The summed E-state index contributed by atoms with van der Waals surface area (Å²) in [4.78, 5) is 32.2. The molecule has 0 saturated carbocycles. The molecule has 0 radical (unpaired) electrons. The number of alkyl halides is 3. The molecule has 3 heterocycles. The fourth-order valence-corrected chi connectivity index (χ4v) is 7.34. The molecule has 0 bridgehead atoms. The fraction of sp³-hybridized carbons (Fsp3) is 0.379. The van der Waals surface area contributed by atoms with Gasteiger partial charge in [0.25, 0.3) is 5.56 Å². The Bertz CT molecular complexity index is 1970. The molecule has 1 aliphatic carbocycles. The van der Waals surface area contributed by atoms with Crippen LogP contribution in [0.3, 0.4) is 0 Å². The Kier molecular flexibility index (Phi) is 7.37. The molecule has 1 aliphatic heterocycles. The Balaban J connectivity index is 1.46. The standard InChI is InChI=1S/C29H28ClF3N6O4S/c1-16-14-28(9-11-34-12-10-28)23-24(16)38(15-22(40)35-21-8-5-18(13-20(21)30)29(31,32)33)27-36-25(37-39(27)26(23)41)17-3-6-19(7-4-17)44(2,42)43/h3-8,13,16,34H,9-12,14-15H2,1-2H3,(H,35,40). The maximum atomic E-state index is 14.1. The van der Waals surface area contributed by atoms with Crippen LogP contribution >= 0.6 is 11.6 Å². The number of carbonyl (C=O) groups is 1. The second kappa shape index (κ2) is 10.7. The minimum absolute atomic E-state index is 0.00868. The lowest BCUT2D eigenvalue weighted by Gasteiger charge is -2.34. The van der Waals surface area contributed by atoms with Crippen LogP contribution in [0.5, 0.6) is 0 Å². The molecular formula is C29H28ClF3N6O4S. The Hall–Kier alpha value is -3.75. The van der Waals surface area contributed by atoms with E-state index in [4.69, 9.17) is 11.6 Å². The van der Waals surface area contributed by atoms with Crippen molar-refractivity contribution >= 4 is 38.8 Å². The van der Waals surface area contributed by atoms with E-state index in [1.165, 1.54) is 16.6 Å². The zero-order valence-electron chi connectivity index (χ0n) is 23.7. The lowest BCUT2D eigenvalue weighted by Crippen LogP contribution is -2.42. The number of benzene rings is 2. The molecule has 2 aliphatic rings. The highest BCUT2D eigenvalue weighted by molar-refractivity contribution is 7.90. The number of piperidine rings is 1. The quantitative estimate of drug-likeness (QED) is 0.328. The number of fused-ring (bicyclic) bond motifs is 3. The molecule has 44 heavy (non-hydrogen) atoms. The molecule has 1 amide bonds. The van der Waals surface area contributed by atoms with E-state index in [0.29, 0.717) is 23.2 Å². The summed E-state index contributed by atoms with van der Waals surface area (Å²) in [6.07, 6.45) is -1.33. The summed E-state index contributed by atoms with van der Waals surface area (Å²) in [6.45, 7) is 3.14. The lowest BCUT2D eigenvalue weighted by atomic mass is 9.74. The summed E-state index contributed by atoms with van der Waals surface area (Å²) in [5.74, 6) is -0.405. The number of hydrogen-bond acceptors (Lipinski definition) is 7. The predicted octanol–water partition coefficient (Wildman–Crippen LogP) is 4.40. The highest BCUT2D eigenvalue weighted by atomic mass is 35.5. The van der Waals surface area contributed by atoms with Gasteiger partial charge in [0.2, 0.25) is 11.7 Å². The van der Waals surface area contributed by atoms with Gasteiger partial charge >= 0.3 is 6.18 Å². The van der Waals surface area contributed by atoms with E-state index >= 15 is 0 Å². The Morgan fingerprint density at radius 2 is 1.84 bits per heavy atom. The van der Waals surface area contributed by atoms with Gasteiger partial charge in [-0.2, -0.15) is 22.7 Å². The van der Waals surface area contributed by atoms with Crippen molar-refractivity contribution in [3.8, 4) is 11.4 Å². The van der Waals surface area contributed by atoms with Crippen molar-refractivity contribution in [3.63, 3.8) is 0 Å². The third-order valence-corrected chi connectivity index (χ3v) is 9.89. The summed E-state index contributed by atoms with van der Waals surface area (Å²) in [7, 11) is -3.44. The van der Waals surface area contributed by atoms with Crippen LogP contribution in [0, 0.1) is 0 Å². The van der Waals surface area contributed by atoms with Crippen molar-refractivity contribution in [2.45, 2.75) is 55.1 Å². The van der Waals surface area contributed by atoms with Crippen LogP contribution in [0.2, 0.25) is 5.02 Å². The van der Waals surface area contributed by atoms with Gasteiger partial charge in [-0.05, 0) is 80.7 Å². The normalized spacial score (nSPS) is 18.1. The van der Waals surface area contributed by atoms with Crippen molar-refractivity contribution < 1.29 is 26.4 Å². The molecule has 1 saturated heterocycles. The summed E-state index contributed by atoms with van der Waals surface area (Å²) in [6, 6.07) is 8.62. The number of hydrogen-bond donors (Lipinski definition) is 2. The predicted molar refractivity (Wildman–Crippen MR) is 158 cm³/mol. The van der Waals surface area contributed by atoms with Crippen molar-refractivity contribution in [2.24, 2.45) is 0 Å². The number of rotatable bonds is 5. The maximum Gasteiger partial charge on any atom is 0.416 e. The van der Waals surface area contributed by atoms with Crippen LogP contribution in [-0.4, -0.2) is 52.8 Å². The van der Waals surface area contributed by atoms with Gasteiger partial charge in [-0.1, -0.05) is 18.5 Å². The number of nitrogens with zero attached hydrogens (tertiary/aromatic N) is 4. The number of amides is 1. The lowest BCUT2D eigenvalue weighted by molar-refractivity contribution is -0.137. The molecule has 15 heteroatoms. The van der Waals surface area contributed by atoms with E-state index in [1.807, 2.05) is 6.92 Å². The molecule has 2 N–H and O–H groups in total. The Morgan fingerprint density at radius 1 is 1.16 bits per heavy atom. The van der Waals surface area contributed by atoms with E-state index in [2.05, 4.69) is 20.7 Å². The van der Waals surface area contributed by atoms with E-state index in [0.717, 1.165) is 50.4 Å². The monoisotopic (exact) mass is 648 g/mol. The smallest absolute Gasteiger partial charge is 0.323 e.